The van der Waals surface area contributed by atoms with Gasteiger partial charge in [0.05, 0.1) is 0 Å². The lowest BCUT2D eigenvalue weighted by Gasteiger charge is -2.08. The summed E-state index contributed by atoms with van der Waals surface area (Å²) in [5.74, 6) is 0. The standard InChI is InChI=1S/C5H12NO4P/c1-11(9,10)4-2-3-6(8)5-7/h5,8H,2-4H2,1H3,(H,9,10). The van der Waals surface area contributed by atoms with Crippen LogP contribution in [0.2, 0.25) is 0 Å². The van der Waals surface area contributed by atoms with E-state index in [9.17, 15) is 9.36 Å². The molecule has 11 heavy (non-hydrogen) atoms. The maximum absolute atomic E-state index is 10.7. The average Bonchev–Trinajstić information content (AvgIpc) is 1.85. The lowest BCUT2D eigenvalue weighted by atomic mass is 10.5. The van der Waals surface area contributed by atoms with Crippen LogP contribution < -0.4 is 0 Å². The van der Waals surface area contributed by atoms with Crippen LogP contribution in [0, 0.1) is 0 Å². The molecule has 0 aromatic carbocycles. The number of rotatable bonds is 5. The predicted molar refractivity (Wildman–Crippen MR) is 39.8 cm³/mol. The number of amides is 1. The Bertz CT molecular complexity index is 166. The minimum atomic E-state index is -2.99. The second kappa shape index (κ2) is 4.49. The first-order valence-electron chi connectivity index (χ1n) is 3.16. The normalized spacial score (nSPS) is 15.5. The zero-order valence-electron chi connectivity index (χ0n) is 6.30. The molecule has 0 aliphatic heterocycles. The van der Waals surface area contributed by atoms with E-state index in [1.807, 2.05) is 0 Å². The van der Waals surface area contributed by atoms with Crippen LogP contribution in [0.4, 0.5) is 0 Å². The van der Waals surface area contributed by atoms with E-state index in [1.54, 1.807) is 0 Å². The van der Waals surface area contributed by atoms with Crippen molar-refractivity contribution in [3.63, 3.8) is 0 Å². The van der Waals surface area contributed by atoms with Crippen molar-refractivity contribution in [2.75, 3.05) is 19.4 Å². The van der Waals surface area contributed by atoms with Gasteiger partial charge in [-0.2, -0.15) is 0 Å². The summed E-state index contributed by atoms with van der Waals surface area (Å²) >= 11 is 0. The van der Waals surface area contributed by atoms with E-state index in [-0.39, 0.29) is 19.1 Å². The van der Waals surface area contributed by atoms with Gasteiger partial charge in [-0.3, -0.25) is 14.6 Å². The number of carbonyl (C=O) groups excluding carboxylic acids is 1. The fourth-order valence-corrected chi connectivity index (χ4v) is 1.31. The second-order valence-electron chi connectivity index (χ2n) is 2.40. The molecule has 0 aromatic heterocycles. The third kappa shape index (κ3) is 7.52. The van der Waals surface area contributed by atoms with Crippen LogP contribution in [-0.2, 0) is 9.36 Å². The summed E-state index contributed by atoms with van der Waals surface area (Å²) in [5.41, 5.74) is 0. The van der Waals surface area contributed by atoms with E-state index < -0.39 is 7.37 Å². The summed E-state index contributed by atoms with van der Waals surface area (Å²) in [5, 5.41) is 9.00. The van der Waals surface area contributed by atoms with Gasteiger partial charge in [0.25, 0.3) is 0 Å². The molecule has 1 unspecified atom stereocenters. The van der Waals surface area contributed by atoms with Gasteiger partial charge in [-0.05, 0) is 6.42 Å². The molecule has 0 saturated carbocycles. The number of hydrogen-bond donors (Lipinski definition) is 2. The number of hydroxylamine groups is 2. The molecule has 5 nitrogen and oxygen atoms in total. The summed E-state index contributed by atoms with van der Waals surface area (Å²) in [6, 6.07) is 0. The third-order valence-electron chi connectivity index (χ3n) is 1.08. The summed E-state index contributed by atoms with van der Waals surface area (Å²) in [6.45, 7) is 1.34. The zero-order valence-corrected chi connectivity index (χ0v) is 7.20. The summed E-state index contributed by atoms with van der Waals surface area (Å²) in [7, 11) is -2.99. The van der Waals surface area contributed by atoms with Gasteiger partial charge in [-0.25, -0.2) is 5.06 Å². The molecule has 6 heteroatoms. The second-order valence-corrected chi connectivity index (χ2v) is 4.95. The molecule has 0 aliphatic rings. The Labute approximate surface area is 65.0 Å². The Kier molecular flexibility index (Phi) is 4.33. The molecule has 66 valence electrons. The van der Waals surface area contributed by atoms with Crippen molar-refractivity contribution in [1.29, 1.82) is 0 Å². The molecule has 0 saturated heterocycles. The quantitative estimate of drug-likeness (QED) is 0.273. The van der Waals surface area contributed by atoms with E-state index in [0.29, 0.717) is 11.5 Å². The maximum atomic E-state index is 10.7. The molecule has 0 aliphatic carbocycles. The molecular formula is C5H12NO4P. The van der Waals surface area contributed by atoms with Crippen molar-refractivity contribution in [1.82, 2.24) is 5.06 Å². The number of carbonyl (C=O) groups is 1. The van der Waals surface area contributed by atoms with Crippen molar-refractivity contribution in [3.05, 3.63) is 0 Å². The van der Waals surface area contributed by atoms with E-state index >= 15 is 0 Å². The van der Waals surface area contributed by atoms with Crippen molar-refractivity contribution in [3.8, 4) is 0 Å². The molecule has 0 heterocycles. The Balaban J connectivity index is 3.42. The molecule has 1 amide bonds. The van der Waals surface area contributed by atoms with Crippen molar-refractivity contribution in [2.24, 2.45) is 0 Å². The highest BCUT2D eigenvalue weighted by Crippen LogP contribution is 2.35. The molecular weight excluding hydrogens is 169 g/mol. The fraction of sp³-hybridized carbons (Fsp3) is 0.800. The van der Waals surface area contributed by atoms with Gasteiger partial charge >= 0.3 is 0 Å². The van der Waals surface area contributed by atoms with E-state index in [2.05, 4.69) is 0 Å². The highest BCUT2D eigenvalue weighted by Gasteiger charge is 2.09. The van der Waals surface area contributed by atoms with Crippen molar-refractivity contribution < 1.29 is 19.5 Å². The first-order chi connectivity index (χ1) is 4.95. The molecule has 0 radical (unpaired) electrons. The van der Waals surface area contributed by atoms with Crippen LogP contribution >= 0.6 is 7.37 Å². The highest BCUT2D eigenvalue weighted by atomic mass is 31.2. The topological polar surface area (TPSA) is 77.8 Å². The third-order valence-corrected chi connectivity index (χ3v) is 2.23. The molecule has 0 bridgehead atoms. The van der Waals surface area contributed by atoms with Gasteiger partial charge in [0.2, 0.25) is 6.41 Å². The largest absolute Gasteiger partial charge is 0.344 e. The minimum absolute atomic E-state index is 0.0991. The van der Waals surface area contributed by atoms with Crippen molar-refractivity contribution >= 4 is 13.8 Å². The number of hydrogen-bond acceptors (Lipinski definition) is 3. The van der Waals surface area contributed by atoms with E-state index in [4.69, 9.17) is 10.1 Å². The predicted octanol–water partition coefficient (Wildman–Crippen LogP) is 0.124. The molecule has 2 N–H and O–H groups in total. The highest BCUT2D eigenvalue weighted by molar-refractivity contribution is 7.57. The molecule has 0 spiro atoms. The van der Waals surface area contributed by atoms with Gasteiger partial charge in [0.1, 0.15) is 0 Å². The molecule has 1 atom stereocenters. The Hall–Kier alpha value is -0.380. The first kappa shape index (κ1) is 10.6. The van der Waals surface area contributed by atoms with Crippen LogP contribution in [0.1, 0.15) is 6.42 Å². The number of nitrogens with zero attached hydrogens (tertiary/aromatic N) is 1. The lowest BCUT2D eigenvalue weighted by Crippen LogP contribution is -2.18. The Morgan fingerprint density at radius 2 is 2.18 bits per heavy atom. The molecule has 0 fully saturated rings. The van der Waals surface area contributed by atoms with Crippen LogP contribution in [-0.4, -0.2) is 40.9 Å². The van der Waals surface area contributed by atoms with Crippen LogP contribution in [0.5, 0.6) is 0 Å². The fourth-order valence-electron chi connectivity index (χ4n) is 0.579. The van der Waals surface area contributed by atoms with Gasteiger partial charge in [0.15, 0.2) is 7.37 Å². The van der Waals surface area contributed by atoms with E-state index in [0.717, 1.165) is 0 Å². The lowest BCUT2D eigenvalue weighted by molar-refractivity contribution is -0.149. The van der Waals surface area contributed by atoms with Crippen LogP contribution in [0.3, 0.4) is 0 Å². The maximum Gasteiger partial charge on any atom is 0.233 e. The van der Waals surface area contributed by atoms with Crippen molar-refractivity contribution in [2.45, 2.75) is 6.42 Å². The monoisotopic (exact) mass is 181 g/mol. The summed E-state index contributed by atoms with van der Waals surface area (Å²) in [6.07, 6.45) is 0.718. The first-order valence-corrected chi connectivity index (χ1v) is 5.45. The van der Waals surface area contributed by atoms with Gasteiger partial charge in [-0.15, -0.1) is 0 Å². The van der Waals surface area contributed by atoms with Crippen LogP contribution in [0.15, 0.2) is 0 Å². The van der Waals surface area contributed by atoms with Gasteiger partial charge in [0, 0.05) is 19.4 Å². The average molecular weight is 181 g/mol. The van der Waals surface area contributed by atoms with Gasteiger partial charge < -0.3 is 4.89 Å². The van der Waals surface area contributed by atoms with E-state index in [1.165, 1.54) is 6.66 Å². The molecule has 0 aromatic rings. The smallest absolute Gasteiger partial charge is 0.233 e. The molecule has 0 rings (SSSR count). The SMILES string of the molecule is CP(=O)(O)CCCN(O)C=O. The Morgan fingerprint density at radius 3 is 2.55 bits per heavy atom. The van der Waals surface area contributed by atoms with Crippen LogP contribution in [0.25, 0.3) is 0 Å². The minimum Gasteiger partial charge on any atom is -0.344 e. The summed E-state index contributed by atoms with van der Waals surface area (Å²) < 4.78 is 10.7. The summed E-state index contributed by atoms with van der Waals surface area (Å²) in [4.78, 5) is 18.6. The van der Waals surface area contributed by atoms with Gasteiger partial charge in [-0.1, -0.05) is 0 Å². The Morgan fingerprint density at radius 1 is 1.64 bits per heavy atom. The zero-order chi connectivity index (χ0) is 8.91.